The van der Waals surface area contributed by atoms with Crippen molar-refractivity contribution < 1.29 is 35.6 Å². The van der Waals surface area contributed by atoms with E-state index in [1.165, 1.54) is 24.3 Å². The third-order valence-electron chi connectivity index (χ3n) is 6.00. The van der Waals surface area contributed by atoms with E-state index >= 15 is 13.2 Å². The maximum atomic E-state index is 15.3. The maximum Gasteiger partial charge on any atom is 0.298 e. The van der Waals surface area contributed by atoms with Crippen molar-refractivity contribution in [3.05, 3.63) is 88.0 Å². The van der Waals surface area contributed by atoms with E-state index in [1.807, 2.05) is 14.9 Å². The molecule has 0 bridgehead atoms. The molecule has 0 atom stereocenters. The minimum absolute atomic E-state index is 0.178. The average Bonchev–Trinajstić information content (AvgIpc) is 3.72. The molecule has 0 saturated heterocycles. The van der Waals surface area contributed by atoms with Crippen molar-refractivity contribution in [3.63, 3.8) is 0 Å². The molecule has 3 aromatic rings. The molecule has 0 aromatic heterocycles. The molecule has 1 amide bonds. The Bertz CT molecular complexity index is 1500. The predicted molar refractivity (Wildman–Crippen MR) is 133 cm³/mol. The summed E-state index contributed by atoms with van der Waals surface area (Å²) >= 11 is 0. The molecule has 0 heterocycles. The van der Waals surface area contributed by atoms with Gasteiger partial charge in [-0.2, -0.15) is 8.42 Å². The molecule has 13 heteroatoms. The first-order valence-corrected chi connectivity index (χ1v) is 12.9. The van der Waals surface area contributed by atoms with Gasteiger partial charge in [-0.3, -0.25) is 14.4 Å². The van der Waals surface area contributed by atoms with E-state index in [-0.39, 0.29) is 17.2 Å². The summed E-state index contributed by atoms with van der Waals surface area (Å²) in [5, 5.41) is 2.46. The fraction of sp³-hybridized carbons (Fsp3) is 0.240. The number of carbonyl (C=O) groups is 1. The molecule has 0 spiro atoms. The van der Waals surface area contributed by atoms with Crippen LogP contribution in [-0.2, 0) is 21.5 Å². The van der Waals surface area contributed by atoms with Gasteiger partial charge in [-0.05, 0) is 59.7 Å². The number of amides is 1. The van der Waals surface area contributed by atoms with Gasteiger partial charge in [0.25, 0.3) is 16.1 Å². The zero-order chi connectivity index (χ0) is 27.6. The van der Waals surface area contributed by atoms with Crippen molar-refractivity contribution in [3.8, 4) is 0 Å². The van der Waals surface area contributed by atoms with Crippen LogP contribution >= 0.6 is 0 Å². The van der Waals surface area contributed by atoms with Crippen LogP contribution < -0.4 is 20.2 Å². The smallest absolute Gasteiger partial charge is 0.298 e. The van der Waals surface area contributed by atoms with Crippen LogP contribution in [0.5, 0.6) is 0 Å². The molecular formula is C25H24F4N4O4S. The van der Waals surface area contributed by atoms with Gasteiger partial charge in [0.15, 0.2) is 17.5 Å². The van der Waals surface area contributed by atoms with E-state index in [0.29, 0.717) is 0 Å². The Hall–Kier alpha value is -3.68. The molecule has 8 nitrogen and oxygen atoms in total. The van der Waals surface area contributed by atoms with Gasteiger partial charge in [-0.1, -0.05) is 18.2 Å². The highest BCUT2D eigenvalue weighted by Gasteiger charge is 2.27. The van der Waals surface area contributed by atoms with Crippen molar-refractivity contribution in [1.82, 2.24) is 10.2 Å². The average molecular weight is 553 g/mol. The van der Waals surface area contributed by atoms with Gasteiger partial charge in [0, 0.05) is 13.5 Å². The van der Waals surface area contributed by atoms with E-state index in [2.05, 4.69) is 10.2 Å². The molecule has 4 rings (SSSR count). The first-order chi connectivity index (χ1) is 18.0. The summed E-state index contributed by atoms with van der Waals surface area (Å²) < 4.78 is 87.7. The van der Waals surface area contributed by atoms with Gasteiger partial charge in [0.1, 0.15) is 5.82 Å². The number of hydrogen-bond acceptors (Lipinski definition) is 5. The molecule has 1 aliphatic rings. The second-order valence-electron chi connectivity index (χ2n) is 8.63. The number of halogens is 4. The van der Waals surface area contributed by atoms with Crippen LogP contribution in [0.3, 0.4) is 0 Å². The number of hydroxylamine groups is 1. The Morgan fingerprint density at radius 1 is 0.974 bits per heavy atom. The fourth-order valence-corrected chi connectivity index (χ4v) is 4.44. The van der Waals surface area contributed by atoms with Crippen LogP contribution in [0.15, 0.2) is 42.5 Å². The highest BCUT2D eigenvalue weighted by Crippen LogP contribution is 2.41. The normalized spacial score (nSPS) is 13.3. The zero-order valence-corrected chi connectivity index (χ0v) is 21.1. The lowest BCUT2D eigenvalue weighted by molar-refractivity contribution is 0.0538. The van der Waals surface area contributed by atoms with Crippen molar-refractivity contribution in [2.24, 2.45) is 0 Å². The van der Waals surface area contributed by atoms with Crippen LogP contribution in [0.25, 0.3) is 0 Å². The second-order valence-corrected chi connectivity index (χ2v) is 10.2. The predicted octanol–water partition coefficient (Wildman–Crippen LogP) is 4.62. The molecular weight excluding hydrogens is 528 g/mol. The lowest BCUT2D eigenvalue weighted by Gasteiger charge is -2.17. The molecule has 4 N–H and O–H groups in total. The minimum Gasteiger partial charge on any atom is -0.350 e. The van der Waals surface area contributed by atoms with Gasteiger partial charge in [-0.25, -0.2) is 27.8 Å². The highest BCUT2D eigenvalue weighted by atomic mass is 32.2. The lowest BCUT2D eigenvalue weighted by atomic mass is 9.99. The Kier molecular flexibility index (Phi) is 7.90. The Labute approximate surface area is 216 Å². The van der Waals surface area contributed by atoms with E-state index in [0.717, 1.165) is 44.7 Å². The van der Waals surface area contributed by atoms with Gasteiger partial charge >= 0.3 is 0 Å². The van der Waals surface area contributed by atoms with Crippen LogP contribution in [0.4, 0.5) is 34.6 Å². The fourth-order valence-electron chi connectivity index (χ4n) is 3.89. The Morgan fingerprint density at radius 3 is 2.34 bits per heavy atom. The summed E-state index contributed by atoms with van der Waals surface area (Å²) in [6.07, 6.45) is 1.35. The molecule has 202 valence electrons. The first kappa shape index (κ1) is 27.4. The first-order valence-electron chi connectivity index (χ1n) is 11.4. The number of anilines is 3. The van der Waals surface area contributed by atoms with Gasteiger partial charge in [-0.15, -0.1) is 0 Å². The zero-order valence-electron chi connectivity index (χ0n) is 20.3. The molecule has 38 heavy (non-hydrogen) atoms. The minimum atomic E-state index is -4.05. The van der Waals surface area contributed by atoms with E-state index < -0.39 is 68.3 Å². The number of rotatable bonds is 10. The number of benzene rings is 3. The standard InChI is InChI=1S/C25H24F4N4O4S/c1-30-38(35,36)33-20-5-3-4-15(21(20)27)10-16-11-17(25(34)32-37-2)24(23(29)22(16)28)31-19-9-8-14(12-18(19)26)13-6-7-13/h3-5,8-9,11-13,30-31,33H,6-7,10H2,1-2H3,(H,32,34). The van der Waals surface area contributed by atoms with Crippen molar-refractivity contribution in [2.75, 3.05) is 24.2 Å². The summed E-state index contributed by atoms with van der Waals surface area (Å²) in [5.74, 6) is -5.34. The number of carbonyl (C=O) groups excluding carboxylic acids is 1. The number of nitrogens with one attached hydrogen (secondary N) is 4. The largest absolute Gasteiger partial charge is 0.350 e. The van der Waals surface area contributed by atoms with Gasteiger partial charge in [0.2, 0.25) is 0 Å². The van der Waals surface area contributed by atoms with Crippen molar-refractivity contribution in [1.29, 1.82) is 0 Å². The van der Waals surface area contributed by atoms with Gasteiger partial charge < -0.3 is 5.32 Å². The summed E-state index contributed by atoms with van der Waals surface area (Å²) in [6, 6.07) is 9.05. The molecule has 0 aliphatic heterocycles. The third-order valence-corrected chi connectivity index (χ3v) is 7.02. The second kappa shape index (κ2) is 11.0. The lowest BCUT2D eigenvalue weighted by Crippen LogP contribution is -2.27. The molecule has 1 saturated carbocycles. The van der Waals surface area contributed by atoms with Crippen LogP contribution in [0.1, 0.15) is 45.8 Å². The molecule has 3 aromatic carbocycles. The summed E-state index contributed by atoms with van der Waals surface area (Å²) in [6.45, 7) is 0. The van der Waals surface area contributed by atoms with E-state index in [9.17, 15) is 17.6 Å². The molecule has 0 radical (unpaired) electrons. The molecule has 1 fully saturated rings. The summed E-state index contributed by atoms with van der Waals surface area (Å²) in [4.78, 5) is 17.3. The van der Waals surface area contributed by atoms with Crippen LogP contribution in [0, 0.1) is 23.3 Å². The summed E-state index contributed by atoms with van der Waals surface area (Å²) in [5.41, 5.74) is 0.529. The van der Waals surface area contributed by atoms with Crippen LogP contribution in [-0.4, -0.2) is 28.5 Å². The summed E-state index contributed by atoms with van der Waals surface area (Å²) in [7, 11) is -1.79. The Morgan fingerprint density at radius 2 is 1.71 bits per heavy atom. The Balaban J connectivity index is 1.72. The quantitative estimate of drug-likeness (QED) is 0.217. The number of hydrogen-bond donors (Lipinski definition) is 4. The van der Waals surface area contributed by atoms with E-state index in [4.69, 9.17) is 0 Å². The molecule has 0 unspecified atom stereocenters. The van der Waals surface area contributed by atoms with Crippen molar-refractivity contribution in [2.45, 2.75) is 25.2 Å². The maximum absolute atomic E-state index is 15.3. The van der Waals surface area contributed by atoms with Gasteiger partial charge in [0.05, 0.1) is 29.7 Å². The van der Waals surface area contributed by atoms with Crippen molar-refractivity contribution >= 4 is 33.2 Å². The monoisotopic (exact) mass is 552 g/mol. The topological polar surface area (TPSA) is 109 Å². The third kappa shape index (κ3) is 5.90. The highest BCUT2D eigenvalue weighted by molar-refractivity contribution is 7.90. The van der Waals surface area contributed by atoms with E-state index in [1.54, 1.807) is 6.07 Å². The SMILES string of the molecule is CNS(=O)(=O)Nc1cccc(Cc2cc(C(=O)NOC)c(Nc3ccc(C4CC4)cc3F)c(F)c2F)c1F. The molecule has 1 aliphatic carbocycles. The van der Waals surface area contributed by atoms with Crippen LogP contribution in [0.2, 0.25) is 0 Å².